The standard InChI is InChI=1S/C20H22N2O5S/c1-22(2)19(24)12-27-20(25)16-9-4-5-10-17(16)28-13-18(23)21-14-7-6-8-15(11-14)26-3/h4-11H,12-13H2,1-3H3,(H,21,23). The number of likely N-dealkylation sites (N-methyl/N-ethyl adjacent to an activating group) is 1. The van der Waals surface area contributed by atoms with Gasteiger partial charge in [0.1, 0.15) is 5.75 Å². The second kappa shape index (κ2) is 10.4. The van der Waals surface area contributed by atoms with E-state index in [0.717, 1.165) is 0 Å². The molecule has 0 saturated heterocycles. The lowest BCUT2D eigenvalue weighted by Gasteiger charge is -2.12. The Morgan fingerprint density at radius 1 is 1.07 bits per heavy atom. The fraction of sp³-hybridized carbons (Fsp3) is 0.250. The van der Waals surface area contributed by atoms with Crippen molar-refractivity contribution in [3.63, 3.8) is 0 Å². The fourth-order valence-corrected chi connectivity index (χ4v) is 2.98. The maximum atomic E-state index is 12.3. The van der Waals surface area contributed by atoms with Crippen LogP contribution in [0, 0.1) is 0 Å². The summed E-state index contributed by atoms with van der Waals surface area (Å²) in [6.45, 7) is -0.332. The Morgan fingerprint density at radius 3 is 2.54 bits per heavy atom. The highest BCUT2D eigenvalue weighted by atomic mass is 32.2. The summed E-state index contributed by atoms with van der Waals surface area (Å²) in [5.74, 6) is -0.379. The summed E-state index contributed by atoms with van der Waals surface area (Å²) < 4.78 is 10.2. The number of thioether (sulfide) groups is 1. The summed E-state index contributed by atoms with van der Waals surface area (Å²) in [6.07, 6.45) is 0. The van der Waals surface area contributed by atoms with Gasteiger partial charge in [-0.2, -0.15) is 0 Å². The van der Waals surface area contributed by atoms with Crippen LogP contribution in [0.4, 0.5) is 5.69 Å². The number of hydrogen-bond donors (Lipinski definition) is 1. The maximum absolute atomic E-state index is 12.3. The Hall–Kier alpha value is -3.00. The number of benzene rings is 2. The molecule has 148 valence electrons. The van der Waals surface area contributed by atoms with Crippen LogP contribution in [0.5, 0.6) is 5.75 Å². The highest BCUT2D eigenvalue weighted by molar-refractivity contribution is 8.00. The van der Waals surface area contributed by atoms with Gasteiger partial charge in [-0.25, -0.2) is 4.79 Å². The van der Waals surface area contributed by atoms with Crippen molar-refractivity contribution in [1.82, 2.24) is 4.90 Å². The zero-order valence-electron chi connectivity index (χ0n) is 15.9. The van der Waals surface area contributed by atoms with Crippen molar-refractivity contribution >= 4 is 35.2 Å². The molecule has 0 saturated carbocycles. The van der Waals surface area contributed by atoms with E-state index in [1.807, 2.05) is 0 Å². The second-order valence-electron chi connectivity index (χ2n) is 5.93. The second-order valence-corrected chi connectivity index (χ2v) is 6.95. The van der Waals surface area contributed by atoms with Crippen LogP contribution >= 0.6 is 11.8 Å². The zero-order chi connectivity index (χ0) is 20.5. The van der Waals surface area contributed by atoms with Crippen LogP contribution in [0.15, 0.2) is 53.4 Å². The van der Waals surface area contributed by atoms with Gasteiger partial charge in [-0.3, -0.25) is 9.59 Å². The van der Waals surface area contributed by atoms with Gasteiger partial charge in [-0.05, 0) is 24.3 Å². The minimum atomic E-state index is -0.605. The van der Waals surface area contributed by atoms with Crippen LogP contribution in [-0.4, -0.2) is 56.2 Å². The number of amides is 2. The first-order valence-corrected chi connectivity index (χ1v) is 9.42. The van der Waals surface area contributed by atoms with Gasteiger partial charge in [0, 0.05) is 30.7 Å². The SMILES string of the molecule is COc1cccc(NC(=O)CSc2ccccc2C(=O)OCC(=O)N(C)C)c1. The minimum Gasteiger partial charge on any atom is -0.497 e. The first-order valence-electron chi connectivity index (χ1n) is 8.43. The van der Waals surface area contributed by atoms with Crippen LogP contribution in [0.25, 0.3) is 0 Å². The summed E-state index contributed by atoms with van der Waals surface area (Å²) in [7, 11) is 4.72. The third kappa shape index (κ3) is 6.31. The van der Waals surface area contributed by atoms with Crippen LogP contribution in [0.1, 0.15) is 10.4 Å². The molecule has 0 aliphatic carbocycles. The van der Waals surface area contributed by atoms with Gasteiger partial charge in [0.25, 0.3) is 5.91 Å². The Bertz CT molecular complexity index is 854. The molecule has 0 bridgehead atoms. The summed E-state index contributed by atoms with van der Waals surface area (Å²) in [4.78, 5) is 38.0. The van der Waals surface area contributed by atoms with Gasteiger partial charge in [0.2, 0.25) is 5.91 Å². The molecule has 0 aliphatic heterocycles. The van der Waals surface area contributed by atoms with Crippen molar-refractivity contribution < 1.29 is 23.9 Å². The molecule has 0 atom stereocenters. The number of methoxy groups -OCH3 is 1. The Balaban J connectivity index is 1.96. The number of nitrogens with zero attached hydrogens (tertiary/aromatic N) is 1. The average Bonchev–Trinajstić information content (AvgIpc) is 2.70. The lowest BCUT2D eigenvalue weighted by Crippen LogP contribution is -2.27. The van der Waals surface area contributed by atoms with Gasteiger partial charge in [0.05, 0.1) is 18.4 Å². The van der Waals surface area contributed by atoms with E-state index in [-0.39, 0.29) is 24.2 Å². The quantitative estimate of drug-likeness (QED) is 0.540. The topological polar surface area (TPSA) is 84.9 Å². The number of anilines is 1. The predicted octanol–water partition coefficient (Wildman–Crippen LogP) is 2.67. The van der Waals surface area contributed by atoms with Crippen LogP contribution < -0.4 is 10.1 Å². The Kier molecular flexibility index (Phi) is 7.88. The third-order valence-electron chi connectivity index (χ3n) is 3.64. The molecule has 2 aromatic rings. The molecular formula is C20H22N2O5S. The van der Waals surface area contributed by atoms with Gasteiger partial charge in [-0.1, -0.05) is 18.2 Å². The molecule has 1 N–H and O–H groups in total. The lowest BCUT2D eigenvalue weighted by molar-refractivity contribution is -0.132. The summed E-state index contributed by atoms with van der Waals surface area (Å²) in [6, 6.07) is 13.8. The number of rotatable bonds is 8. The molecule has 0 radical (unpaired) electrons. The monoisotopic (exact) mass is 402 g/mol. The van der Waals surface area contributed by atoms with Crippen molar-refractivity contribution in [1.29, 1.82) is 0 Å². The molecule has 7 nitrogen and oxygen atoms in total. The van der Waals surface area contributed by atoms with Crippen molar-refractivity contribution in [2.75, 3.05) is 38.9 Å². The highest BCUT2D eigenvalue weighted by Gasteiger charge is 2.16. The van der Waals surface area contributed by atoms with E-state index in [1.54, 1.807) is 69.7 Å². The summed E-state index contributed by atoms with van der Waals surface area (Å²) >= 11 is 1.21. The van der Waals surface area contributed by atoms with Gasteiger partial charge < -0.3 is 19.7 Å². The van der Waals surface area contributed by atoms with Gasteiger partial charge in [0.15, 0.2) is 6.61 Å². The summed E-state index contributed by atoms with van der Waals surface area (Å²) in [5.41, 5.74) is 0.938. The maximum Gasteiger partial charge on any atom is 0.339 e. The van der Waals surface area contributed by atoms with Crippen molar-refractivity contribution in [2.45, 2.75) is 4.90 Å². The Labute approximate surface area is 168 Å². The zero-order valence-corrected chi connectivity index (χ0v) is 16.7. The molecule has 0 heterocycles. The van der Waals surface area contributed by atoms with E-state index in [1.165, 1.54) is 16.7 Å². The van der Waals surface area contributed by atoms with E-state index >= 15 is 0 Å². The predicted molar refractivity (Wildman–Crippen MR) is 108 cm³/mol. The van der Waals surface area contributed by atoms with E-state index in [4.69, 9.17) is 9.47 Å². The van der Waals surface area contributed by atoms with Crippen molar-refractivity contribution in [2.24, 2.45) is 0 Å². The third-order valence-corrected chi connectivity index (χ3v) is 4.72. The number of nitrogens with one attached hydrogen (secondary N) is 1. The van der Waals surface area contributed by atoms with E-state index in [2.05, 4.69) is 5.32 Å². The first-order chi connectivity index (χ1) is 13.4. The highest BCUT2D eigenvalue weighted by Crippen LogP contribution is 2.24. The molecule has 0 aromatic heterocycles. The lowest BCUT2D eigenvalue weighted by atomic mass is 10.2. The first kappa shape index (κ1) is 21.3. The summed E-state index contributed by atoms with van der Waals surface area (Å²) in [5, 5.41) is 2.78. The van der Waals surface area contributed by atoms with Crippen molar-refractivity contribution in [3.8, 4) is 5.75 Å². The van der Waals surface area contributed by atoms with Crippen molar-refractivity contribution in [3.05, 3.63) is 54.1 Å². The number of ether oxygens (including phenoxy) is 2. The number of carbonyl (C=O) groups excluding carboxylic acids is 3. The van der Waals surface area contributed by atoms with E-state index in [9.17, 15) is 14.4 Å². The molecule has 0 fully saturated rings. The molecule has 28 heavy (non-hydrogen) atoms. The minimum absolute atomic E-state index is 0.109. The number of hydrogen-bond acceptors (Lipinski definition) is 6. The fourth-order valence-electron chi connectivity index (χ4n) is 2.14. The molecule has 2 amide bonds. The molecule has 0 aliphatic rings. The Morgan fingerprint density at radius 2 is 1.82 bits per heavy atom. The van der Waals surface area contributed by atoms with Crippen LogP contribution in [-0.2, 0) is 14.3 Å². The largest absolute Gasteiger partial charge is 0.497 e. The van der Waals surface area contributed by atoms with Gasteiger partial charge >= 0.3 is 5.97 Å². The number of esters is 1. The van der Waals surface area contributed by atoms with E-state index in [0.29, 0.717) is 21.9 Å². The molecule has 8 heteroatoms. The normalized spacial score (nSPS) is 10.1. The molecule has 2 aromatic carbocycles. The van der Waals surface area contributed by atoms with Gasteiger partial charge in [-0.15, -0.1) is 11.8 Å². The molecule has 0 spiro atoms. The van der Waals surface area contributed by atoms with Crippen LogP contribution in [0.3, 0.4) is 0 Å². The average molecular weight is 402 g/mol. The molecule has 2 rings (SSSR count). The molecule has 0 unspecified atom stereocenters. The van der Waals surface area contributed by atoms with Crippen LogP contribution in [0.2, 0.25) is 0 Å². The van der Waals surface area contributed by atoms with E-state index < -0.39 is 5.97 Å². The molecular weight excluding hydrogens is 380 g/mol. The number of carbonyl (C=O) groups is 3. The smallest absolute Gasteiger partial charge is 0.339 e.